The summed E-state index contributed by atoms with van der Waals surface area (Å²) >= 11 is 0. The van der Waals surface area contributed by atoms with Gasteiger partial charge in [0.25, 0.3) is 0 Å². The molecule has 0 saturated carbocycles. The lowest BCUT2D eigenvalue weighted by atomic mass is 9.85. The van der Waals surface area contributed by atoms with Crippen molar-refractivity contribution in [3.05, 3.63) is 29.3 Å². The van der Waals surface area contributed by atoms with Gasteiger partial charge in [-0.25, -0.2) is 0 Å². The van der Waals surface area contributed by atoms with Gasteiger partial charge in [0.05, 0.1) is 5.56 Å². The van der Waals surface area contributed by atoms with E-state index >= 15 is 0 Å². The minimum atomic E-state index is -4.26. The molecule has 0 aromatic heterocycles. The van der Waals surface area contributed by atoms with Gasteiger partial charge in [0.1, 0.15) is 0 Å². The van der Waals surface area contributed by atoms with Gasteiger partial charge in [0, 0.05) is 18.8 Å². The average Bonchev–Trinajstić information content (AvgIpc) is 2.43. The van der Waals surface area contributed by atoms with Gasteiger partial charge in [0.15, 0.2) is 0 Å². The number of fused-ring (bicyclic) bond motifs is 1. The summed E-state index contributed by atoms with van der Waals surface area (Å²) in [6.07, 6.45) is -2.32. The van der Waals surface area contributed by atoms with Crippen molar-refractivity contribution in [2.45, 2.75) is 58.7 Å². The van der Waals surface area contributed by atoms with Gasteiger partial charge >= 0.3 is 6.18 Å². The molecule has 0 aliphatic carbocycles. The van der Waals surface area contributed by atoms with Crippen molar-refractivity contribution in [2.75, 3.05) is 11.9 Å². The van der Waals surface area contributed by atoms with E-state index in [4.69, 9.17) is 0 Å². The Bertz CT molecular complexity index is 440. The number of benzene rings is 1. The Morgan fingerprint density at radius 2 is 1.85 bits per heavy atom. The first-order chi connectivity index (χ1) is 9.34. The lowest BCUT2D eigenvalue weighted by Gasteiger charge is -2.39. The monoisotopic (exact) mass is 287 g/mol. The molecule has 1 aromatic rings. The van der Waals surface area contributed by atoms with Gasteiger partial charge in [-0.05, 0) is 42.5 Å². The summed E-state index contributed by atoms with van der Waals surface area (Å²) in [5.74, 6) is 0.184. The second-order valence-corrected chi connectivity index (χ2v) is 5.08. The molecule has 2 rings (SSSR count). The predicted octanol–water partition coefficient (Wildman–Crippen LogP) is 5.45. The fourth-order valence-electron chi connectivity index (χ4n) is 2.78. The topological polar surface area (TPSA) is 3.24 Å². The summed E-state index contributed by atoms with van der Waals surface area (Å²) < 4.78 is 38.1. The Labute approximate surface area is 119 Å². The van der Waals surface area contributed by atoms with E-state index in [9.17, 15) is 13.2 Å². The molecular weight excluding hydrogens is 263 g/mol. The van der Waals surface area contributed by atoms with Crippen LogP contribution in [-0.2, 0) is 6.18 Å². The molecule has 1 heterocycles. The largest absolute Gasteiger partial charge is 0.416 e. The Kier molecular flexibility index (Phi) is 5.49. The average molecular weight is 287 g/mol. The third-order valence-electron chi connectivity index (χ3n) is 3.91. The van der Waals surface area contributed by atoms with Crippen LogP contribution in [0.1, 0.15) is 57.6 Å². The second-order valence-electron chi connectivity index (χ2n) is 5.08. The minimum Gasteiger partial charge on any atom is -0.371 e. The van der Waals surface area contributed by atoms with Gasteiger partial charge in [0.2, 0.25) is 0 Å². The highest BCUT2D eigenvalue weighted by molar-refractivity contribution is 5.59. The summed E-state index contributed by atoms with van der Waals surface area (Å²) in [6, 6.07) is 4.52. The highest BCUT2D eigenvalue weighted by Crippen LogP contribution is 2.41. The van der Waals surface area contributed by atoms with E-state index in [0.29, 0.717) is 6.04 Å². The molecule has 1 aliphatic heterocycles. The molecule has 0 fully saturated rings. The van der Waals surface area contributed by atoms with Crippen molar-refractivity contribution in [3.63, 3.8) is 0 Å². The number of alkyl halides is 3. The first-order valence-electron chi connectivity index (χ1n) is 7.28. The molecule has 4 heteroatoms. The fraction of sp³-hybridized carbons (Fsp3) is 0.625. The number of rotatable bonds is 1. The zero-order chi connectivity index (χ0) is 15.5. The molecule has 0 spiro atoms. The zero-order valence-corrected chi connectivity index (χ0v) is 12.9. The molecule has 1 unspecified atom stereocenters. The van der Waals surface area contributed by atoms with Crippen LogP contribution < -0.4 is 4.90 Å². The van der Waals surface area contributed by atoms with Crippen molar-refractivity contribution in [1.29, 1.82) is 0 Å². The SMILES string of the molecule is CC.CC[C@@H]1CC(C)c2cc(C(F)(F)F)ccc2N1C. The Morgan fingerprint density at radius 3 is 2.35 bits per heavy atom. The van der Waals surface area contributed by atoms with Crippen LogP contribution in [0.3, 0.4) is 0 Å². The third-order valence-corrected chi connectivity index (χ3v) is 3.91. The van der Waals surface area contributed by atoms with E-state index in [2.05, 4.69) is 11.8 Å². The van der Waals surface area contributed by atoms with Gasteiger partial charge in [-0.3, -0.25) is 0 Å². The van der Waals surface area contributed by atoms with Gasteiger partial charge < -0.3 is 4.90 Å². The molecule has 0 bridgehead atoms. The first kappa shape index (κ1) is 16.9. The normalized spacial score (nSPS) is 21.9. The van der Waals surface area contributed by atoms with Crippen LogP contribution in [0.2, 0.25) is 0 Å². The first-order valence-corrected chi connectivity index (χ1v) is 7.28. The maximum Gasteiger partial charge on any atom is 0.416 e. The fourth-order valence-corrected chi connectivity index (χ4v) is 2.78. The Morgan fingerprint density at radius 1 is 1.25 bits per heavy atom. The summed E-state index contributed by atoms with van der Waals surface area (Å²) in [5.41, 5.74) is 1.21. The predicted molar refractivity (Wildman–Crippen MR) is 78.3 cm³/mol. The number of hydrogen-bond acceptors (Lipinski definition) is 1. The lowest BCUT2D eigenvalue weighted by Crippen LogP contribution is -2.36. The molecule has 0 amide bonds. The number of nitrogens with zero attached hydrogens (tertiary/aromatic N) is 1. The number of hydrogen-bond donors (Lipinski definition) is 0. The van der Waals surface area contributed by atoms with E-state index in [-0.39, 0.29) is 5.92 Å². The van der Waals surface area contributed by atoms with E-state index < -0.39 is 11.7 Å². The van der Waals surface area contributed by atoms with Crippen LogP contribution in [-0.4, -0.2) is 13.1 Å². The molecule has 2 atom stereocenters. The van der Waals surface area contributed by atoms with Gasteiger partial charge in [-0.2, -0.15) is 13.2 Å². The highest BCUT2D eigenvalue weighted by Gasteiger charge is 2.34. The molecule has 0 saturated heterocycles. The van der Waals surface area contributed by atoms with E-state index in [1.807, 2.05) is 27.8 Å². The maximum atomic E-state index is 12.7. The highest BCUT2D eigenvalue weighted by atomic mass is 19.4. The quantitative estimate of drug-likeness (QED) is 0.663. The van der Waals surface area contributed by atoms with Crippen molar-refractivity contribution >= 4 is 5.69 Å². The van der Waals surface area contributed by atoms with Crippen LogP contribution in [0.15, 0.2) is 18.2 Å². The second kappa shape index (κ2) is 6.51. The molecule has 1 nitrogen and oxygen atoms in total. The summed E-state index contributed by atoms with van der Waals surface area (Å²) in [7, 11) is 1.96. The summed E-state index contributed by atoms with van der Waals surface area (Å²) in [5, 5.41) is 0. The Hall–Kier alpha value is -1.19. The van der Waals surface area contributed by atoms with Crippen LogP contribution in [0.4, 0.5) is 18.9 Å². The third kappa shape index (κ3) is 3.28. The molecule has 1 aliphatic rings. The maximum absolute atomic E-state index is 12.7. The van der Waals surface area contributed by atoms with Crippen LogP contribution in [0.25, 0.3) is 0 Å². The smallest absolute Gasteiger partial charge is 0.371 e. The summed E-state index contributed by atoms with van der Waals surface area (Å²) in [6.45, 7) is 8.12. The van der Waals surface area contributed by atoms with Crippen molar-refractivity contribution in [3.8, 4) is 0 Å². The molecular formula is C16H24F3N. The molecule has 1 aromatic carbocycles. The number of anilines is 1. The molecule has 0 N–H and O–H groups in total. The van der Waals surface area contributed by atoms with Crippen LogP contribution in [0.5, 0.6) is 0 Å². The molecule has 20 heavy (non-hydrogen) atoms. The van der Waals surface area contributed by atoms with Crippen molar-refractivity contribution in [2.24, 2.45) is 0 Å². The molecule has 114 valence electrons. The lowest BCUT2D eigenvalue weighted by molar-refractivity contribution is -0.137. The van der Waals surface area contributed by atoms with Crippen molar-refractivity contribution < 1.29 is 13.2 Å². The van der Waals surface area contributed by atoms with Crippen LogP contribution >= 0.6 is 0 Å². The standard InChI is InChI=1S/C14H18F3N.C2H6/c1-4-11-7-9(2)12-8-10(14(15,16)17)5-6-13(12)18(11)3;1-2/h5-6,8-9,11H,4,7H2,1-3H3;1-2H3/t9?,11-;/m1./s1. The Balaban J connectivity index is 0.000000956. The van der Waals surface area contributed by atoms with E-state index in [1.165, 1.54) is 12.1 Å². The van der Waals surface area contributed by atoms with Crippen LogP contribution in [0, 0.1) is 0 Å². The summed E-state index contributed by atoms with van der Waals surface area (Å²) in [4.78, 5) is 2.11. The number of halogens is 3. The minimum absolute atomic E-state index is 0.184. The van der Waals surface area contributed by atoms with E-state index in [1.54, 1.807) is 6.07 Å². The zero-order valence-electron chi connectivity index (χ0n) is 12.9. The van der Waals surface area contributed by atoms with E-state index in [0.717, 1.165) is 24.1 Å². The van der Waals surface area contributed by atoms with Crippen molar-refractivity contribution in [1.82, 2.24) is 0 Å². The molecule has 0 radical (unpaired) electrons. The van der Waals surface area contributed by atoms with Gasteiger partial charge in [-0.15, -0.1) is 0 Å². The van der Waals surface area contributed by atoms with Gasteiger partial charge in [-0.1, -0.05) is 27.7 Å².